The number of esters is 1. The van der Waals surface area contributed by atoms with Gasteiger partial charge in [-0.2, -0.15) is 0 Å². The van der Waals surface area contributed by atoms with Crippen LogP contribution >= 0.6 is 0 Å². The molecule has 1 saturated heterocycles. The van der Waals surface area contributed by atoms with E-state index in [4.69, 9.17) is 14.5 Å². The van der Waals surface area contributed by atoms with Crippen molar-refractivity contribution in [1.82, 2.24) is 19.4 Å². The number of hydrogen-bond donors (Lipinski definition) is 2. The highest BCUT2D eigenvalue weighted by Crippen LogP contribution is 2.28. The normalized spacial score (nSPS) is 17.8. The summed E-state index contributed by atoms with van der Waals surface area (Å²) in [5.74, 6) is 0.313. The lowest BCUT2D eigenvalue weighted by atomic mass is 10.1. The Morgan fingerprint density at radius 3 is 2.70 bits per heavy atom. The van der Waals surface area contributed by atoms with Crippen LogP contribution in [0, 0.1) is 6.92 Å². The number of rotatable bonds is 9. The number of carbonyl (C=O) groups excluding carboxylic acids is 1. The fraction of sp³-hybridized carbons (Fsp3) is 0.536. The molecule has 37 heavy (non-hydrogen) atoms. The molecule has 0 radical (unpaired) electrons. The van der Waals surface area contributed by atoms with Gasteiger partial charge in [-0.15, -0.1) is 0 Å². The molecule has 0 amide bonds. The summed E-state index contributed by atoms with van der Waals surface area (Å²) in [4.78, 5) is 29.7. The number of nitrogens with zero attached hydrogens (tertiary/aromatic N) is 3. The van der Waals surface area contributed by atoms with Crippen molar-refractivity contribution in [1.29, 1.82) is 0 Å². The molecule has 3 atom stereocenters. The fourth-order valence-electron chi connectivity index (χ4n) is 4.82. The fourth-order valence-corrected chi connectivity index (χ4v) is 4.82. The van der Waals surface area contributed by atoms with Crippen LogP contribution in [0.4, 0.5) is 0 Å². The van der Waals surface area contributed by atoms with Crippen molar-refractivity contribution < 1.29 is 19.4 Å². The molecule has 0 aliphatic carbocycles. The molecule has 0 spiro atoms. The third-order valence-electron chi connectivity index (χ3n) is 6.71. The Hall–Kier alpha value is -3.01. The molecule has 4 rings (SSSR count). The quantitative estimate of drug-likeness (QED) is 0.426. The highest BCUT2D eigenvalue weighted by atomic mass is 16.5. The maximum absolute atomic E-state index is 12.4. The number of imidazole rings is 1. The Balaban J connectivity index is 1.69. The van der Waals surface area contributed by atoms with Crippen LogP contribution in [0.25, 0.3) is 22.4 Å². The molecular weight excluding hydrogens is 472 g/mol. The summed E-state index contributed by atoms with van der Waals surface area (Å²) >= 11 is 0. The molecule has 1 aliphatic rings. The van der Waals surface area contributed by atoms with E-state index in [1.165, 1.54) is 0 Å². The SMILES string of the molecule is Cc1cc(-c2nc3ccc(CN[C@H](C(=O)OC(C)C)C(C)O)cc3n2CC2CCCCO2)cn(C)c1=O. The number of aryl methyl sites for hydroxylation is 2. The highest BCUT2D eigenvalue weighted by Gasteiger charge is 2.26. The van der Waals surface area contributed by atoms with E-state index in [9.17, 15) is 14.7 Å². The molecule has 1 aliphatic heterocycles. The van der Waals surface area contributed by atoms with Crippen LogP contribution in [-0.4, -0.2) is 56.2 Å². The second-order valence-electron chi connectivity index (χ2n) is 10.3. The van der Waals surface area contributed by atoms with Gasteiger partial charge >= 0.3 is 5.97 Å². The number of benzene rings is 1. The summed E-state index contributed by atoms with van der Waals surface area (Å²) in [5.41, 5.74) is 4.25. The van der Waals surface area contributed by atoms with Crippen LogP contribution in [0.2, 0.25) is 0 Å². The van der Waals surface area contributed by atoms with Crippen molar-refractivity contribution >= 4 is 17.0 Å². The molecule has 1 aromatic carbocycles. The van der Waals surface area contributed by atoms with Gasteiger partial charge in [0.2, 0.25) is 0 Å². The van der Waals surface area contributed by atoms with Gasteiger partial charge in [-0.1, -0.05) is 6.07 Å². The first-order chi connectivity index (χ1) is 17.6. The molecule has 200 valence electrons. The van der Waals surface area contributed by atoms with Crippen LogP contribution in [0.3, 0.4) is 0 Å². The van der Waals surface area contributed by atoms with Crippen LogP contribution in [0.15, 0.2) is 35.3 Å². The van der Waals surface area contributed by atoms with E-state index in [1.54, 1.807) is 32.4 Å². The van der Waals surface area contributed by atoms with E-state index in [0.29, 0.717) is 18.7 Å². The first kappa shape index (κ1) is 27.0. The lowest BCUT2D eigenvalue weighted by Gasteiger charge is -2.24. The second-order valence-corrected chi connectivity index (χ2v) is 10.3. The standard InChI is InChI=1S/C28H38N4O5/c1-17(2)37-28(35)25(19(4)33)29-14-20-9-10-23-24(13-20)32(16-22-8-6-7-11-36-22)26(30-23)21-12-18(3)27(34)31(5)15-21/h9-10,12-13,15,17,19,22,25,29,33H,6-8,11,14,16H2,1-5H3/t19?,22?,25-/m0/s1. The zero-order valence-electron chi connectivity index (χ0n) is 22.4. The van der Waals surface area contributed by atoms with Gasteiger partial charge in [-0.25, -0.2) is 4.98 Å². The number of carbonyl (C=O) groups is 1. The van der Waals surface area contributed by atoms with Crippen LogP contribution < -0.4 is 10.9 Å². The smallest absolute Gasteiger partial charge is 0.326 e. The van der Waals surface area contributed by atoms with E-state index in [2.05, 4.69) is 16.0 Å². The van der Waals surface area contributed by atoms with Gasteiger partial charge in [-0.3, -0.25) is 14.9 Å². The number of fused-ring (bicyclic) bond motifs is 1. The molecule has 0 saturated carbocycles. The summed E-state index contributed by atoms with van der Waals surface area (Å²) in [6.45, 7) is 8.74. The molecule has 2 unspecified atom stereocenters. The van der Waals surface area contributed by atoms with Gasteiger partial charge in [0.25, 0.3) is 5.56 Å². The summed E-state index contributed by atoms with van der Waals surface area (Å²) in [6, 6.07) is 7.04. The Labute approximate surface area is 217 Å². The Morgan fingerprint density at radius 1 is 1.27 bits per heavy atom. The van der Waals surface area contributed by atoms with Crippen molar-refractivity contribution in [2.24, 2.45) is 7.05 Å². The first-order valence-corrected chi connectivity index (χ1v) is 13.0. The minimum absolute atomic E-state index is 0.0287. The van der Waals surface area contributed by atoms with Gasteiger partial charge in [0.15, 0.2) is 0 Å². The Morgan fingerprint density at radius 2 is 2.05 bits per heavy atom. The summed E-state index contributed by atoms with van der Waals surface area (Å²) < 4.78 is 15.1. The molecule has 3 heterocycles. The van der Waals surface area contributed by atoms with Gasteiger partial charge < -0.3 is 23.7 Å². The third kappa shape index (κ3) is 6.29. The minimum Gasteiger partial charge on any atom is -0.462 e. The van der Waals surface area contributed by atoms with E-state index in [0.717, 1.165) is 53.9 Å². The average Bonchev–Trinajstić information content (AvgIpc) is 3.20. The van der Waals surface area contributed by atoms with Crippen molar-refractivity contribution in [3.8, 4) is 11.4 Å². The number of pyridine rings is 1. The highest BCUT2D eigenvalue weighted by molar-refractivity contribution is 5.81. The number of aliphatic hydroxyl groups excluding tert-OH is 1. The maximum Gasteiger partial charge on any atom is 0.326 e. The van der Waals surface area contributed by atoms with E-state index in [-0.39, 0.29) is 17.8 Å². The number of nitrogens with one attached hydrogen (secondary N) is 1. The summed E-state index contributed by atoms with van der Waals surface area (Å²) in [6.07, 6.45) is 3.95. The molecule has 3 aromatic rings. The Kier molecular flexibility index (Phi) is 8.46. The monoisotopic (exact) mass is 510 g/mol. The number of hydrogen-bond acceptors (Lipinski definition) is 7. The zero-order valence-corrected chi connectivity index (χ0v) is 22.4. The predicted octanol–water partition coefficient (Wildman–Crippen LogP) is 3.07. The maximum atomic E-state index is 12.4. The molecular formula is C28H38N4O5. The van der Waals surface area contributed by atoms with Crippen molar-refractivity contribution in [2.75, 3.05) is 6.61 Å². The number of aliphatic hydroxyl groups is 1. The van der Waals surface area contributed by atoms with Gasteiger partial charge in [-0.05, 0) is 70.7 Å². The predicted molar refractivity (Wildman–Crippen MR) is 142 cm³/mol. The number of ether oxygens (including phenoxy) is 2. The van der Waals surface area contributed by atoms with E-state index < -0.39 is 18.1 Å². The molecule has 0 bridgehead atoms. The minimum atomic E-state index is -0.900. The van der Waals surface area contributed by atoms with Gasteiger partial charge in [0.05, 0.1) is 35.9 Å². The van der Waals surface area contributed by atoms with Crippen molar-refractivity contribution in [3.05, 3.63) is 51.9 Å². The molecule has 9 nitrogen and oxygen atoms in total. The van der Waals surface area contributed by atoms with Crippen LogP contribution in [0.1, 0.15) is 51.2 Å². The third-order valence-corrected chi connectivity index (χ3v) is 6.71. The molecule has 2 N–H and O–H groups in total. The van der Waals surface area contributed by atoms with Crippen molar-refractivity contribution in [2.45, 2.75) is 84.4 Å². The molecule has 2 aromatic heterocycles. The molecule has 9 heteroatoms. The largest absolute Gasteiger partial charge is 0.462 e. The second kappa shape index (κ2) is 11.6. The lowest BCUT2D eigenvalue weighted by molar-refractivity contribution is -0.152. The van der Waals surface area contributed by atoms with Crippen molar-refractivity contribution in [3.63, 3.8) is 0 Å². The zero-order chi connectivity index (χ0) is 26.7. The molecule has 1 fully saturated rings. The number of aromatic nitrogens is 3. The average molecular weight is 511 g/mol. The van der Waals surface area contributed by atoms with Gasteiger partial charge in [0.1, 0.15) is 11.9 Å². The first-order valence-electron chi connectivity index (χ1n) is 13.0. The van der Waals surface area contributed by atoms with E-state index in [1.807, 2.05) is 31.3 Å². The van der Waals surface area contributed by atoms with Crippen LogP contribution in [-0.2, 0) is 34.4 Å². The van der Waals surface area contributed by atoms with Crippen LogP contribution in [0.5, 0.6) is 0 Å². The van der Waals surface area contributed by atoms with E-state index >= 15 is 0 Å². The van der Waals surface area contributed by atoms with Gasteiger partial charge in [0, 0.05) is 37.5 Å². The summed E-state index contributed by atoms with van der Waals surface area (Å²) in [7, 11) is 1.75. The lowest BCUT2D eigenvalue weighted by Crippen LogP contribution is -2.46. The topological polar surface area (TPSA) is 108 Å². The summed E-state index contributed by atoms with van der Waals surface area (Å²) in [5, 5.41) is 13.3. The Bertz CT molecular complexity index is 1280.